The molecule has 4 aromatic rings. The summed E-state index contributed by atoms with van der Waals surface area (Å²) in [5, 5.41) is 11.7. The Balaban J connectivity index is 1.71. The molecule has 0 aliphatic rings. The first-order chi connectivity index (χ1) is 13.0. The average Bonchev–Trinajstić information content (AvgIpc) is 3.26. The highest BCUT2D eigenvalue weighted by Crippen LogP contribution is 2.27. The highest BCUT2D eigenvalue weighted by Gasteiger charge is 2.17. The summed E-state index contributed by atoms with van der Waals surface area (Å²) in [6, 6.07) is 6.94. The van der Waals surface area contributed by atoms with E-state index in [0.717, 1.165) is 26.9 Å². The van der Waals surface area contributed by atoms with Gasteiger partial charge in [-0.3, -0.25) is 9.48 Å². The van der Waals surface area contributed by atoms with E-state index in [1.54, 1.807) is 35.1 Å². The lowest BCUT2D eigenvalue weighted by atomic mass is 10.3. The fourth-order valence-corrected chi connectivity index (χ4v) is 3.30. The monoisotopic (exact) mass is 489 g/mol. The van der Waals surface area contributed by atoms with Crippen LogP contribution in [0.15, 0.2) is 51.8 Å². The Morgan fingerprint density at radius 1 is 1.19 bits per heavy atom. The number of halogens is 2. The zero-order valence-corrected chi connectivity index (χ0v) is 17.3. The molecule has 4 rings (SSSR count). The lowest BCUT2D eigenvalue weighted by Gasteiger charge is -2.02. The van der Waals surface area contributed by atoms with Crippen LogP contribution in [-0.2, 0) is 6.54 Å². The van der Waals surface area contributed by atoms with E-state index in [4.69, 9.17) is 0 Å². The summed E-state index contributed by atoms with van der Waals surface area (Å²) in [5.74, 6) is 0.0808. The Hall–Kier alpha value is -2.59. The van der Waals surface area contributed by atoms with Crippen LogP contribution in [0.25, 0.3) is 17.0 Å². The van der Waals surface area contributed by atoms with E-state index in [1.165, 1.54) is 0 Å². The number of pyridine rings is 1. The molecule has 0 atom stereocenters. The van der Waals surface area contributed by atoms with Crippen LogP contribution >= 0.6 is 31.9 Å². The molecule has 0 aromatic carbocycles. The summed E-state index contributed by atoms with van der Waals surface area (Å²) >= 11 is 6.84. The highest BCUT2D eigenvalue weighted by molar-refractivity contribution is 9.10. The van der Waals surface area contributed by atoms with E-state index in [-0.39, 0.29) is 11.6 Å². The first kappa shape index (κ1) is 17.8. The van der Waals surface area contributed by atoms with Gasteiger partial charge in [0.15, 0.2) is 11.3 Å². The summed E-state index contributed by atoms with van der Waals surface area (Å²) in [6.07, 6.45) is 5.18. The minimum Gasteiger partial charge on any atom is -0.305 e. The van der Waals surface area contributed by atoms with Crippen LogP contribution in [0.2, 0.25) is 0 Å². The van der Waals surface area contributed by atoms with E-state index in [0.29, 0.717) is 11.5 Å². The maximum atomic E-state index is 12.5. The summed E-state index contributed by atoms with van der Waals surface area (Å²) in [5.41, 5.74) is 2.26. The fourth-order valence-electron chi connectivity index (χ4n) is 2.55. The third-order valence-electron chi connectivity index (χ3n) is 3.84. The molecule has 0 unspecified atom stereocenters. The molecule has 4 aromatic heterocycles. The predicted octanol–water partition coefficient (Wildman–Crippen LogP) is 3.79. The Kier molecular flexibility index (Phi) is 4.75. The van der Waals surface area contributed by atoms with Crippen LogP contribution < -0.4 is 5.32 Å². The molecule has 0 spiro atoms. The van der Waals surface area contributed by atoms with Crippen molar-refractivity contribution in [2.45, 2.75) is 13.5 Å². The van der Waals surface area contributed by atoms with E-state index < -0.39 is 0 Å². The minimum absolute atomic E-state index is 0.241. The number of rotatable bonds is 4. The molecule has 8 nitrogen and oxygen atoms in total. The van der Waals surface area contributed by atoms with Gasteiger partial charge in [0.25, 0.3) is 5.91 Å². The van der Waals surface area contributed by atoms with Crippen LogP contribution in [0.5, 0.6) is 0 Å². The van der Waals surface area contributed by atoms with Gasteiger partial charge in [0, 0.05) is 35.7 Å². The van der Waals surface area contributed by atoms with Gasteiger partial charge in [-0.05, 0) is 57.0 Å². The maximum absolute atomic E-state index is 12.5. The van der Waals surface area contributed by atoms with Crippen molar-refractivity contribution < 1.29 is 4.79 Å². The standard InChI is InChI=1S/C17H13Br2N7O/c1-2-25-9-11(19)16(24-25)13-5-6-20-15-7-12(23-26(13)15)17(27)22-14-4-3-10(18)8-21-14/h3-9H,2H2,1H3,(H,21,22,27). The summed E-state index contributed by atoms with van der Waals surface area (Å²) in [4.78, 5) is 21.0. The molecule has 1 amide bonds. The fraction of sp³-hybridized carbons (Fsp3) is 0.118. The van der Waals surface area contributed by atoms with Crippen molar-refractivity contribution in [3.8, 4) is 11.4 Å². The van der Waals surface area contributed by atoms with Gasteiger partial charge in [0.2, 0.25) is 0 Å². The third-order valence-corrected chi connectivity index (χ3v) is 4.89. The molecule has 0 aliphatic heterocycles. The van der Waals surface area contributed by atoms with Gasteiger partial charge in [0.1, 0.15) is 11.5 Å². The number of hydrogen-bond acceptors (Lipinski definition) is 5. The van der Waals surface area contributed by atoms with Crippen molar-refractivity contribution in [1.82, 2.24) is 29.4 Å². The number of aryl methyl sites for hydroxylation is 1. The second-order valence-corrected chi connectivity index (χ2v) is 7.40. The average molecular weight is 491 g/mol. The molecule has 0 saturated heterocycles. The van der Waals surface area contributed by atoms with Crippen molar-refractivity contribution >= 4 is 49.2 Å². The van der Waals surface area contributed by atoms with Crippen LogP contribution in [0.1, 0.15) is 17.4 Å². The molecule has 1 N–H and O–H groups in total. The van der Waals surface area contributed by atoms with Crippen LogP contribution in [0.4, 0.5) is 5.82 Å². The number of anilines is 1. The number of amides is 1. The van der Waals surface area contributed by atoms with Gasteiger partial charge in [0.05, 0.1) is 10.2 Å². The Bertz CT molecular complexity index is 1130. The number of carbonyl (C=O) groups is 1. The van der Waals surface area contributed by atoms with E-state index in [9.17, 15) is 4.79 Å². The first-order valence-corrected chi connectivity index (χ1v) is 9.65. The molecular formula is C17H13Br2N7O. The van der Waals surface area contributed by atoms with Crippen LogP contribution in [0, 0.1) is 0 Å². The molecule has 10 heteroatoms. The quantitative estimate of drug-likeness (QED) is 0.470. The number of fused-ring (bicyclic) bond motifs is 1. The van der Waals surface area contributed by atoms with Gasteiger partial charge in [-0.15, -0.1) is 0 Å². The van der Waals surface area contributed by atoms with Crippen molar-refractivity contribution in [3.63, 3.8) is 0 Å². The minimum atomic E-state index is -0.362. The predicted molar refractivity (Wildman–Crippen MR) is 107 cm³/mol. The zero-order chi connectivity index (χ0) is 19.0. The second kappa shape index (κ2) is 7.20. The third kappa shape index (κ3) is 3.50. The summed E-state index contributed by atoms with van der Waals surface area (Å²) < 4.78 is 5.11. The number of nitrogens with zero attached hydrogens (tertiary/aromatic N) is 6. The van der Waals surface area contributed by atoms with Gasteiger partial charge in [-0.25, -0.2) is 14.5 Å². The van der Waals surface area contributed by atoms with Gasteiger partial charge in [-0.1, -0.05) is 0 Å². The number of aromatic nitrogens is 6. The second-order valence-electron chi connectivity index (χ2n) is 5.63. The van der Waals surface area contributed by atoms with E-state index in [1.807, 2.05) is 23.9 Å². The molecule has 0 fully saturated rings. The van der Waals surface area contributed by atoms with Crippen molar-refractivity contribution in [2.75, 3.05) is 5.32 Å². The lowest BCUT2D eigenvalue weighted by molar-refractivity contribution is 0.102. The molecular weight excluding hydrogens is 478 g/mol. The molecule has 0 radical (unpaired) electrons. The van der Waals surface area contributed by atoms with Crippen LogP contribution in [0.3, 0.4) is 0 Å². The molecule has 4 heterocycles. The maximum Gasteiger partial charge on any atom is 0.277 e. The van der Waals surface area contributed by atoms with E-state index >= 15 is 0 Å². The number of carbonyl (C=O) groups excluding carboxylic acids is 1. The Morgan fingerprint density at radius 3 is 2.74 bits per heavy atom. The SMILES string of the molecule is CCn1cc(Br)c(-c2ccnc3cc(C(=O)Nc4ccc(Br)cn4)nn23)n1. The summed E-state index contributed by atoms with van der Waals surface area (Å²) in [7, 11) is 0. The van der Waals surface area contributed by atoms with Crippen molar-refractivity contribution in [1.29, 1.82) is 0 Å². The smallest absolute Gasteiger partial charge is 0.277 e. The molecule has 136 valence electrons. The topological polar surface area (TPSA) is 90.0 Å². The Labute approximate surface area is 170 Å². The van der Waals surface area contributed by atoms with E-state index in [2.05, 4.69) is 57.3 Å². The number of nitrogens with one attached hydrogen (secondary N) is 1. The molecule has 27 heavy (non-hydrogen) atoms. The largest absolute Gasteiger partial charge is 0.305 e. The van der Waals surface area contributed by atoms with Gasteiger partial charge >= 0.3 is 0 Å². The van der Waals surface area contributed by atoms with Crippen molar-refractivity contribution in [2.24, 2.45) is 0 Å². The molecule has 0 aliphatic carbocycles. The summed E-state index contributed by atoms with van der Waals surface area (Å²) in [6.45, 7) is 2.76. The van der Waals surface area contributed by atoms with Gasteiger partial charge in [-0.2, -0.15) is 10.2 Å². The normalized spacial score (nSPS) is 11.1. The number of hydrogen-bond donors (Lipinski definition) is 1. The van der Waals surface area contributed by atoms with Crippen molar-refractivity contribution in [3.05, 3.63) is 57.5 Å². The zero-order valence-electron chi connectivity index (χ0n) is 14.1. The van der Waals surface area contributed by atoms with Crippen LogP contribution in [-0.4, -0.2) is 35.3 Å². The molecule has 0 bridgehead atoms. The molecule has 0 saturated carbocycles. The van der Waals surface area contributed by atoms with Gasteiger partial charge < -0.3 is 5.32 Å². The lowest BCUT2D eigenvalue weighted by Crippen LogP contribution is -2.13. The highest BCUT2D eigenvalue weighted by atomic mass is 79.9. The Morgan fingerprint density at radius 2 is 2.04 bits per heavy atom. The first-order valence-electron chi connectivity index (χ1n) is 8.06.